The van der Waals surface area contributed by atoms with Gasteiger partial charge in [0, 0.05) is 5.56 Å². The van der Waals surface area contributed by atoms with E-state index in [-0.39, 0.29) is 5.02 Å². The second-order valence-corrected chi connectivity index (χ2v) is 3.45. The first-order valence-corrected chi connectivity index (χ1v) is 5.12. The molecular weight excluding hydrogens is 233 g/mol. The molecule has 0 fully saturated rings. The molecule has 5 heteroatoms. The molecule has 0 atom stereocenters. The van der Waals surface area contributed by atoms with E-state index in [1.54, 1.807) is 6.07 Å². The van der Waals surface area contributed by atoms with Crippen molar-refractivity contribution in [3.05, 3.63) is 35.2 Å². The van der Waals surface area contributed by atoms with Gasteiger partial charge in [-0.2, -0.15) is 0 Å². The Balaban J connectivity index is 2.31. The van der Waals surface area contributed by atoms with Gasteiger partial charge >= 0.3 is 5.95 Å². The topological polar surface area (TPSA) is 35.3 Å². The number of hydrogen-bond acceptors (Lipinski definition) is 3. The maximum atomic E-state index is 12.9. The van der Waals surface area contributed by atoms with Gasteiger partial charge in [-0.3, -0.25) is 0 Å². The zero-order valence-corrected chi connectivity index (χ0v) is 9.29. The van der Waals surface area contributed by atoms with Crippen LogP contribution in [0.1, 0.15) is 6.92 Å². The van der Waals surface area contributed by atoms with Crippen LogP contribution in [0.15, 0.2) is 28.8 Å². The number of aromatic nitrogens is 1. The summed E-state index contributed by atoms with van der Waals surface area (Å²) in [6.45, 7) is 2.34. The molecule has 84 valence electrons. The number of benzene rings is 1. The predicted molar refractivity (Wildman–Crippen MR) is 58.1 cm³/mol. The SMILES string of the molecule is CCOc1cnc(-c2ccc(F)c(Cl)c2)o1. The Morgan fingerprint density at radius 3 is 3.00 bits per heavy atom. The molecule has 0 N–H and O–H groups in total. The molecule has 0 radical (unpaired) electrons. The average Bonchev–Trinajstić information content (AvgIpc) is 2.71. The van der Waals surface area contributed by atoms with Crippen LogP contribution in [0.3, 0.4) is 0 Å². The van der Waals surface area contributed by atoms with Gasteiger partial charge in [-0.25, -0.2) is 9.37 Å². The summed E-state index contributed by atoms with van der Waals surface area (Å²) in [5.74, 6) is 0.213. The third kappa shape index (κ3) is 2.17. The van der Waals surface area contributed by atoms with Crippen molar-refractivity contribution in [3.8, 4) is 17.4 Å². The number of rotatable bonds is 3. The molecule has 0 bridgehead atoms. The summed E-state index contributed by atoms with van der Waals surface area (Å²) < 4.78 is 23.3. The maximum absolute atomic E-state index is 12.9. The van der Waals surface area contributed by atoms with Crippen LogP contribution in [0.5, 0.6) is 5.95 Å². The van der Waals surface area contributed by atoms with Crippen LogP contribution in [0.4, 0.5) is 4.39 Å². The standard InChI is InChI=1S/C11H9ClFNO2/c1-2-15-10-6-14-11(16-10)7-3-4-9(13)8(12)5-7/h3-6H,2H2,1H3. The molecule has 0 spiro atoms. The predicted octanol–water partition coefficient (Wildman–Crippen LogP) is 3.53. The smallest absolute Gasteiger partial charge is 0.305 e. The number of halogens is 2. The van der Waals surface area contributed by atoms with Gasteiger partial charge in [0.05, 0.1) is 11.6 Å². The van der Waals surface area contributed by atoms with Crippen molar-refractivity contribution >= 4 is 11.6 Å². The van der Waals surface area contributed by atoms with Crippen LogP contribution in [0.2, 0.25) is 5.02 Å². The van der Waals surface area contributed by atoms with E-state index in [2.05, 4.69) is 4.98 Å². The molecule has 2 rings (SSSR count). The molecule has 16 heavy (non-hydrogen) atoms. The van der Waals surface area contributed by atoms with Crippen LogP contribution in [0.25, 0.3) is 11.5 Å². The monoisotopic (exact) mass is 241 g/mol. The van der Waals surface area contributed by atoms with Gasteiger partial charge in [0.15, 0.2) is 0 Å². The minimum atomic E-state index is -0.470. The van der Waals surface area contributed by atoms with E-state index in [1.807, 2.05) is 6.92 Å². The summed E-state index contributed by atoms with van der Waals surface area (Å²) >= 11 is 5.66. The van der Waals surface area contributed by atoms with Crippen molar-refractivity contribution in [2.24, 2.45) is 0 Å². The van der Waals surface area contributed by atoms with E-state index < -0.39 is 5.82 Å². The van der Waals surface area contributed by atoms with Gasteiger partial charge in [-0.15, -0.1) is 0 Å². The van der Waals surface area contributed by atoms with Gasteiger partial charge in [0.25, 0.3) is 0 Å². The van der Waals surface area contributed by atoms with Gasteiger partial charge in [0.1, 0.15) is 12.0 Å². The molecule has 1 aromatic heterocycles. The lowest BCUT2D eigenvalue weighted by molar-refractivity contribution is 0.260. The minimum absolute atomic E-state index is 0.0358. The molecule has 3 nitrogen and oxygen atoms in total. The van der Waals surface area contributed by atoms with Gasteiger partial charge < -0.3 is 9.15 Å². The molecule has 0 amide bonds. The Morgan fingerprint density at radius 2 is 2.31 bits per heavy atom. The Morgan fingerprint density at radius 1 is 1.50 bits per heavy atom. The highest BCUT2D eigenvalue weighted by Gasteiger charge is 2.09. The van der Waals surface area contributed by atoms with Gasteiger partial charge in [0.2, 0.25) is 5.89 Å². The molecule has 0 aliphatic heterocycles. The van der Waals surface area contributed by atoms with Gasteiger partial charge in [-0.05, 0) is 25.1 Å². The molecule has 2 aromatic rings. The summed E-state index contributed by atoms with van der Waals surface area (Å²) in [5, 5.41) is 0.0358. The largest absolute Gasteiger partial charge is 0.464 e. The number of nitrogens with zero attached hydrogens (tertiary/aromatic N) is 1. The van der Waals surface area contributed by atoms with Crippen LogP contribution in [-0.2, 0) is 0 Å². The first-order chi connectivity index (χ1) is 7.70. The van der Waals surface area contributed by atoms with Crippen molar-refractivity contribution in [3.63, 3.8) is 0 Å². The van der Waals surface area contributed by atoms with Crippen molar-refractivity contribution < 1.29 is 13.5 Å². The Labute approximate surface area is 96.8 Å². The zero-order chi connectivity index (χ0) is 11.5. The highest BCUT2D eigenvalue weighted by Crippen LogP contribution is 2.26. The molecule has 0 aliphatic carbocycles. The van der Waals surface area contributed by atoms with E-state index in [9.17, 15) is 4.39 Å². The fourth-order valence-electron chi connectivity index (χ4n) is 1.23. The van der Waals surface area contributed by atoms with E-state index in [0.29, 0.717) is 24.0 Å². The van der Waals surface area contributed by atoms with Crippen LogP contribution in [-0.4, -0.2) is 11.6 Å². The van der Waals surface area contributed by atoms with Gasteiger partial charge in [-0.1, -0.05) is 11.6 Å². The molecule has 0 aliphatic rings. The van der Waals surface area contributed by atoms with E-state index in [1.165, 1.54) is 18.3 Å². The van der Waals surface area contributed by atoms with Crippen LogP contribution >= 0.6 is 11.6 Å². The molecule has 0 unspecified atom stereocenters. The van der Waals surface area contributed by atoms with E-state index in [4.69, 9.17) is 20.8 Å². The van der Waals surface area contributed by atoms with Crippen LogP contribution < -0.4 is 4.74 Å². The summed E-state index contributed by atoms with van der Waals surface area (Å²) in [6, 6.07) is 4.27. The lowest BCUT2D eigenvalue weighted by Crippen LogP contribution is -1.88. The Kier molecular flexibility index (Phi) is 3.10. The third-order valence-corrected chi connectivity index (χ3v) is 2.23. The van der Waals surface area contributed by atoms with E-state index in [0.717, 1.165) is 0 Å². The van der Waals surface area contributed by atoms with Crippen LogP contribution in [0, 0.1) is 5.82 Å². The zero-order valence-electron chi connectivity index (χ0n) is 8.54. The lowest BCUT2D eigenvalue weighted by Gasteiger charge is -1.98. The molecule has 0 saturated heterocycles. The number of oxazole rings is 1. The van der Waals surface area contributed by atoms with E-state index >= 15 is 0 Å². The number of ether oxygens (including phenoxy) is 1. The molecular formula is C11H9ClFNO2. The van der Waals surface area contributed by atoms with Crippen molar-refractivity contribution in [1.29, 1.82) is 0 Å². The quantitative estimate of drug-likeness (QED) is 0.825. The Bertz CT molecular complexity index is 498. The summed E-state index contributed by atoms with van der Waals surface area (Å²) in [6.07, 6.45) is 1.47. The van der Waals surface area contributed by atoms with Crippen molar-refractivity contribution in [1.82, 2.24) is 4.98 Å². The average molecular weight is 242 g/mol. The lowest BCUT2D eigenvalue weighted by atomic mass is 10.2. The second kappa shape index (κ2) is 4.53. The fourth-order valence-corrected chi connectivity index (χ4v) is 1.41. The number of hydrogen-bond donors (Lipinski definition) is 0. The first kappa shape index (κ1) is 11.0. The summed E-state index contributed by atoms with van der Waals surface area (Å²) in [4.78, 5) is 4.00. The minimum Gasteiger partial charge on any atom is -0.464 e. The Hall–Kier alpha value is -1.55. The summed E-state index contributed by atoms with van der Waals surface area (Å²) in [7, 11) is 0. The highest BCUT2D eigenvalue weighted by molar-refractivity contribution is 6.31. The molecule has 1 aromatic carbocycles. The molecule has 1 heterocycles. The second-order valence-electron chi connectivity index (χ2n) is 3.05. The fraction of sp³-hybridized carbons (Fsp3) is 0.182. The highest BCUT2D eigenvalue weighted by atomic mass is 35.5. The first-order valence-electron chi connectivity index (χ1n) is 4.74. The maximum Gasteiger partial charge on any atom is 0.305 e. The normalized spacial score (nSPS) is 10.4. The third-order valence-electron chi connectivity index (χ3n) is 1.94. The molecule has 0 saturated carbocycles. The van der Waals surface area contributed by atoms with Crippen molar-refractivity contribution in [2.75, 3.05) is 6.61 Å². The van der Waals surface area contributed by atoms with Crippen molar-refractivity contribution in [2.45, 2.75) is 6.92 Å². The summed E-state index contributed by atoms with van der Waals surface area (Å²) in [5.41, 5.74) is 0.609.